The molecule has 0 saturated heterocycles. The normalized spacial score (nSPS) is 10.8. The molecule has 0 aliphatic carbocycles. The summed E-state index contributed by atoms with van der Waals surface area (Å²) in [5.41, 5.74) is 5.76. The van der Waals surface area contributed by atoms with Crippen LogP contribution in [-0.2, 0) is 6.54 Å². The Morgan fingerprint density at radius 3 is 2.58 bits per heavy atom. The number of aromatic nitrogens is 1. The predicted octanol–water partition coefficient (Wildman–Crippen LogP) is 2.24. The second-order valence-electron chi connectivity index (χ2n) is 2.19. The highest BCUT2D eigenvalue weighted by molar-refractivity contribution is 9.10. The molecule has 1 heterocycles. The Bertz CT molecular complexity index is 278. The molecule has 1 aromatic rings. The molecule has 0 spiro atoms. The summed E-state index contributed by atoms with van der Waals surface area (Å²) < 4.78 is 24.5. The maximum Gasteiger partial charge on any atom is 0.266 e. The fourth-order valence-corrected chi connectivity index (χ4v) is 1.29. The van der Waals surface area contributed by atoms with Crippen LogP contribution >= 0.6 is 15.9 Å². The van der Waals surface area contributed by atoms with Crippen molar-refractivity contribution in [2.45, 2.75) is 13.0 Å². The van der Waals surface area contributed by atoms with E-state index < -0.39 is 6.43 Å². The maximum absolute atomic E-state index is 12.2. The minimum Gasteiger partial charge on any atom is -0.325 e. The zero-order chi connectivity index (χ0) is 9.14. The molecule has 0 aliphatic heterocycles. The summed E-state index contributed by atoms with van der Waals surface area (Å²) in [6, 6.07) is 2.82. The topological polar surface area (TPSA) is 38.9 Å². The van der Waals surface area contributed by atoms with E-state index in [9.17, 15) is 8.78 Å². The number of halogens is 3. The quantitative estimate of drug-likeness (QED) is 0.801. The van der Waals surface area contributed by atoms with E-state index in [0.717, 1.165) is 0 Å². The molecule has 0 aromatic carbocycles. The lowest BCUT2D eigenvalue weighted by molar-refractivity contribution is 0.150. The first kappa shape index (κ1) is 9.54. The summed E-state index contributed by atoms with van der Waals surface area (Å²) >= 11 is 2.94. The van der Waals surface area contributed by atoms with Crippen LogP contribution < -0.4 is 5.73 Å². The molecular weight excluding hydrogens is 230 g/mol. The van der Waals surface area contributed by atoms with Gasteiger partial charge in [-0.1, -0.05) is 0 Å². The van der Waals surface area contributed by atoms with Crippen LogP contribution in [0.4, 0.5) is 8.78 Å². The maximum atomic E-state index is 12.2. The van der Waals surface area contributed by atoms with Crippen LogP contribution in [0.25, 0.3) is 0 Å². The van der Waals surface area contributed by atoms with Gasteiger partial charge in [-0.2, -0.15) is 0 Å². The zero-order valence-electron chi connectivity index (χ0n) is 6.10. The smallest absolute Gasteiger partial charge is 0.266 e. The van der Waals surface area contributed by atoms with E-state index in [1.165, 1.54) is 12.1 Å². The van der Waals surface area contributed by atoms with Gasteiger partial charge in [-0.05, 0) is 28.1 Å². The molecule has 0 unspecified atom stereocenters. The van der Waals surface area contributed by atoms with Gasteiger partial charge in [0.15, 0.2) is 0 Å². The lowest BCUT2D eigenvalue weighted by Gasteiger charge is -2.03. The molecule has 1 rings (SSSR count). The Labute approximate surface area is 76.9 Å². The molecule has 1 aromatic heterocycles. The first-order chi connectivity index (χ1) is 5.65. The van der Waals surface area contributed by atoms with Crippen LogP contribution in [-0.4, -0.2) is 4.98 Å². The van der Waals surface area contributed by atoms with Gasteiger partial charge >= 0.3 is 0 Å². The number of nitrogens with two attached hydrogens (primary N) is 1. The molecule has 0 saturated carbocycles. The van der Waals surface area contributed by atoms with Crippen LogP contribution in [0.1, 0.15) is 17.7 Å². The highest BCUT2D eigenvalue weighted by Crippen LogP contribution is 2.25. The van der Waals surface area contributed by atoms with Crippen molar-refractivity contribution in [1.29, 1.82) is 0 Å². The summed E-state index contributed by atoms with van der Waals surface area (Å²) in [6.07, 6.45) is -2.50. The summed E-state index contributed by atoms with van der Waals surface area (Å²) in [5.74, 6) is 0. The van der Waals surface area contributed by atoms with Gasteiger partial charge in [-0.25, -0.2) is 13.8 Å². The van der Waals surface area contributed by atoms with Crippen LogP contribution in [0, 0.1) is 0 Å². The standard InChI is InChI=1S/C7H7BrF2N2/c8-6-5(7(9)10)2-1-4(3-11)12-6/h1-2,7H,3,11H2. The second kappa shape index (κ2) is 3.91. The van der Waals surface area contributed by atoms with Crippen LogP contribution in [0.15, 0.2) is 16.7 Å². The molecule has 0 atom stereocenters. The Balaban J connectivity index is 3.03. The van der Waals surface area contributed by atoms with Gasteiger partial charge in [0.1, 0.15) is 4.60 Å². The van der Waals surface area contributed by atoms with Crippen molar-refractivity contribution in [2.75, 3.05) is 0 Å². The minimum atomic E-state index is -2.50. The van der Waals surface area contributed by atoms with Gasteiger partial charge < -0.3 is 5.73 Å². The fourth-order valence-electron chi connectivity index (χ4n) is 0.759. The number of pyridine rings is 1. The van der Waals surface area contributed by atoms with E-state index in [4.69, 9.17) is 5.73 Å². The lowest BCUT2D eigenvalue weighted by Crippen LogP contribution is -2.01. The average Bonchev–Trinajstić information content (AvgIpc) is 2.03. The molecule has 12 heavy (non-hydrogen) atoms. The summed E-state index contributed by atoms with van der Waals surface area (Å²) in [6.45, 7) is 0.252. The Kier molecular flexibility index (Phi) is 3.11. The third-order valence-electron chi connectivity index (χ3n) is 1.38. The summed E-state index contributed by atoms with van der Waals surface area (Å²) in [5, 5.41) is 0. The first-order valence-corrected chi connectivity index (χ1v) is 4.08. The largest absolute Gasteiger partial charge is 0.325 e. The highest BCUT2D eigenvalue weighted by Gasteiger charge is 2.12. The van der Waals surface area contributed by atoms with Crippen LogP contribution in [0.2, 0.25) is 0 Å². The third-order valence-corrected chi connectivity index (χ3v) is 2.01. The van der Waals surface area contributed by atoms with Gasteiger partial charge in [0.05, 0.1) is 11.3 Å². The third kappa shape index (κ3) is 1.98. The van der Waals surface area contributed by atoms with Gasteiger partial charge in [0.25, 0.3) is 6.43 Å². The molecule has 0 fully saturated rings. The summed E-state index contributed by atoms with van der Waals surface area (Å²) in [4.78, 5) is 3.82. The van der Waals surface area contributed by atoms with Crippen molar-refractivity contribution in [1.82, 2.24) is 4.98 Å². The van der Waals surface area contributed by atoms with E-state index in [1.807, 2.05) is 0 Å². The van der Waals surface area contributed by atoms with Gasteiger partial charge in [0, 0.05) is 6.54 Å². The fraction of sp³-hybridized carbons (Fsp3) is 0.286. The summed E-state index contributed by atoms with van der Waals surface area (Å²) in [7, 11) is 0. The van der Waals surface area contributed by atoms with Crippen molar-refractivity contribution in [3.63, 3.8) is 0 Å². The van der Waals surface area contributed by atoms with Gasteiger partial charge in [0.2, 0.25) is 0 Å². The number of alkyl halides is 2. The van der Waals surface area contributed by atoms with Crippen LogP contribution in [0.5, 0.6) is 0 Å². The van der Waals surface area contributed by atoms with E-state index >= 15 is 0 Å². The molecule has 5 heteroatoms. The van der Waals surface area contributed by atoms with Crippen molar-refractivity contribution in [3.05, 3.63) is 28.0 Å². The molecule has 0 bridgehead atoms. The molecule has 0 aliphatic rings. The van der Waals surface area contributed by atoms with E-state index in [-0.39, 0.29) is 16.7 Å². The number of rotatable bonds is 2. The molecular formula is C7H7BrF2N2. The van der Waals surface area contributed by atoms with Crippen molar-refractivity contribution >= 4 is 15.9 Å². The monoisotopic (exact) mass is 236 g/mol. The van der Waals surface area contributed by atoms with Crippen molar-refractivity contribution < 1.29 is 8.78 Å². The Morgan fingerprint density at radius 1 is 1.50 bits per heavy atom. The lowest BCUT2D eigenvalue weighted by atomic mass is 10.2. The highest BCUT2D eigenvalue weighted by atomic mass is 79.9. The van der Waals surface area contributed by atoms with Crippen LogP contribution in [0.3, 0.4) is 0 Å². The van der Waals surface area contributed by atoms with Gasteiger partial charge in [-0.15, -0.1) is 0 Å². The SMILES string of the molecule is NCc1ccc(C(F)F)c(Br)n1. The Hall–Kier alpha value is -0.550. The molecule has 0 radical (unpaired) electrons. The van der Waals surface area contributed by atoms with E-state index in [1.54, 1.807) is 0 Å². The number of hydrogen-bond donors (Lipinski definition) is 1. The molecule has 0 amide bonds. The van der Waals surface area contributed by atoms with E-state index in [2.05, 4.69) is 20.9 Å². The van der Waals surface area contributed by atoms with Crippen molar-refractivity contribution in [3.8, 4) is 0 Å². The number of nitrogens with zero attached hydrogens (tertiary/aromatic N) is 1. The molecule has 2 N–H and O–H groups in total. The molecule has 2 nitrogen and oxygen atoms in total. The molecule has 66 valence electrons. The second-order valence-corrected chi connectivity index (χ2v) is 2.94. The minimum absolute atomic E-state index is 0.104. The van der Waals surface area contributed by atoms with E-state index in [0.29, 0.717) is 5.69 Å². The van der Waals surface area contributed by atoms with Crippen molar-refractivity contribution in [2.24, 2.45) is 5.73 Å². The first-order valence-electron chi connectivity index (χ1n) is 3.28. The Morgan fingerprint density at radius 2 is 2.17 bits per heavy atom. The number of hydrogen-bond acceptors (Lipinski definition) is 2. The van der Waals surface area contributed by atoms with Gasteiger partial charge in [-0.3, -0.25) is 0 Å². The predicted molar refractivity (Wildman–Crippen MR) is 44.8 cm³/mol. The average molecular weight is 237 g/mol. The zero-order valence-corrected chi connectivity index (χ0v) is 7.68.